The first-order valence-corrected chi connectivity index (χ1v) is 4.60. The average Bonchev–Trinajstić information content (AvgIpc) is 2.15. The van der Waals surface area contributed by atoms with Crippen molar-refractivity contribution >= 4 is 33.7 Å². The molecule has 0 spiro atoms. The van der Waals surface area contributed by atoms with Gasteiger partial charge in [-0.05, 0) is 18.2 Å². The summed E-state index contributed by atoms with van der Waals surface area (Å²) in [4.78, 5) is 10.3. The first kappa shape index (κ1) is 10.7. The maximum Gasteiger partial charge on any atom is 0.328 e. The van der Waals surface area contributed by atoms with Crippen LogP contribution in [0.25, 0.3) is 6.08 Å². The number of carboxylic acids is 1. The highest BCUT2D eigenvalue weighted by atomic mass is 79.9. The molecule has 1 aromatic rings. The quantitative estimate of drug-likeness (QED) is 0.438. The fourth-order valence-corrected chi connectivity index (χ4v) is 1.49. The van der Waals surface area contributed by atoms with Crippen LogP contribution < -0.4 is 11.3 Å². The number of hydrogen-bond acceptors (Lipinski definition) is 3. The Kier molecular flexibility index (Phi) is 3.67. The molecule has 0 unspecified atom stereocenters. The van der Waals surface area contributed by atoms with E-state index >= 15 is 0 Å². The summed E-state index contributed by atoms with van der Waals surface area (Å²) in [5.74, 6) is 4.28. The van der Waals surface area contributed by atoms with Crippen LogP contribution in [0.3, 0.4) is 0 Å². The molecule has 1 rings (SSSR count). The zero-order valence-corrected chi connectivity index (χ0v) is 8.78. The molecule has 0 aliphatic rings. The van der Waals surface area contributed by atoms with Crippen molar-refractivity contribution in [2.24, 2.45) is 5.84 Å². The Balaban J connectivity index is 3.11. The molecule has 0 amide bonds. The van der Waals surface area contributed by atoms with Gasteiger partial charge in [-0.2, -0.15) is 0 Å². The van der Waals surface area contributed by atoms with Gasteiger partial charge in [0.2, 0.25) is 0 Å². The normalized spacial score (nSPS) is 10.4. The predicted molar refractivity (Wildman–Crippen MR) is 58.6 cm³/mol. The van der Waals surface area contributed by atoms with E-state index in [0.717, 1.165) is 10.5 Å². The molecule has 0 aliphatic carbocycles. The number of benzene rings is 1. The Morgan fingerprint density at radius 3 is 2.86 bits per heavy atom. The molecule has 1 aromatic carbocycles. The van der Waals surface area contributed by atoms with Gasteiger partial charge in [-0.15, -0.1) is 0 Å². The van der Waals surface area contributed by atoms with Crippen molar-refractivity contribution in [1.82, 2.24) is 0 Å². The first-order chi connectivity index (χ1) is 6.65. The number of rotatable bonds is 3. The van der Waals surface area contributed by atoms with Crippen LogP contribution in [0, 0.1) is 0 Å². The molecule has 74 valence electrons. The molecule has 0 fully saturated rings. The first-order valence-electron chi connectivity index (χ1n) is 3.81. The Bertz CT molecular complexity index is 377. The van der Waals surface area contributed by atoms with Crippen LogP contribution >= 0.6 is 15.9 Å². The lowest BCUT2D eigenvalue weighted by Crippen LogP contribution is -2.08. The van der Waals surface area contributed by atoms with E-state index < -0.39 is 5.97 Å². The molecule has 0 saturated carbocycles. The van der Waals surface area contributed by atoms with Gasteiger partial charge in [0.25, 0.3) is 0 Å². The van der Waals surface area contributed by atoms with E-state index in [1.54, 1.807) is 12.1 Å². The number of nitrogens with two attached hydrogens (primary N) is 1. The number of hydrogen-bond donors (Lipinski definition) is 3. The maximum absolute atomic E-state index is 10.3. The van der Waals surface area contributed by atoms with E-state index in [-0.39, 0.29) is 0 Å². The minimum Gasteiger partial charge on any atom is -0.478 e. The number of aliphatic carboxylic acids is 1. The molecule has 5 heteroatoms. The molecule has 0 radical (unpaired) electrons. The Labute approximate surface area is 89.5 Å². The molecule has 0 atom stereocenters. The van der Waals surface area contributed by atoms with Crippen LogP contribution in [-0.4, -0.2) is 11.1 Å². The van der Waals surface area contributed by atoms with Crippen molar-refractivity contribution in [1.29, 1.82) is 0 Å². The van der Waals surface area contributed by atoms with Gasteiger partial charge in [-0.3, -0.25) is 5.84 Å². The Morgan fingerprint density at radius 2 is 2.29 bits per heavy atom. The highest BCUT2D eigenvalue weighted by Gasteiger charge is 2.02. The van der Waals surface area contributed by atoms with Gasteiger partial charge < -0.3 is 10.5 Å². The van der Waals surface area contributed by atoms with Gasteiger partial charge in [-0.25, -0.2) is 4.79 Å². The number of halogens is 1. The second-order valence-corrected chi connectivity index (χ2v) is 3.37. The summed E-state index contributed by atoms with van der Waals surface area (Å²) in [5, 5.41) is 8.48. The summed E-state index contributed by atoms with van der Waals surface area (Å²) in [6.07, 6.45) is 2.53. The second-order valence-electron chi connectivity index (χ2n) is 2.52. The monoisotopic (exact) mass is 256 g/mol. The van der Waals surface area contributed by atoms with Crippen LogP contribution in [-0.2, 0) is 4.79 Å². The van der Waals surface area contributed by atoms with Gasteiger partial charge in [0.1, 0.15) is 0 Å². The fraction of sp³-hybridized carbons (Fsp3) is 0. The Hall–Kier alpha value is -1.33. The second kappa shape index (κ2) is 4.78. The van der Waals surface area contributed by atoms with Crippen molar-refractivity contribution in [2.75, 3.05) is 5.43 Å². The van der Waals surface area contributed by atoms with Crippen LogP contribution in [0.4, 0.5) is 5.69 Å². The summed E-state index contributed by atoms with van der Waals surface area (Å²) in [5.41, 5.74) is 3.86. The van der Waals surface area contributed by atoms with E-state index in [4.69, 9.17) is 10.9 Å². The van der Waals surface area contributed by atoms with Crippen LogP contribution in [0.2, 0.25) is 0 Å². The molecule has 4 nitrogen and oxygen atoms in total. The van der Waals surface area contributed by atoms with Gasteiger partial charge in [-0.1, -0.05) is 22.0 Å². The maximum atomic E-state index is 10.3. The molecular formula is C9H9BrN2O2. The lowest BCUT2D eigenvalue weighted by atomic mass is 10.1. The molecule has 0 aliphatic heterocycles. The third kappa shape index (κ3) is 2.58. The molecule has 0 heterocycles. The van der Waals surface area contributed by atoms with Crippen molar-refractivity contribution in [2.45, 2.75) is 0 Å². The number of hydrazine groups is 1. The standard InChI is InChI=1S/C9H9BrN2O2/c10-7-2-1-3-8(12-11)6(7)4-5-9(13)14/h1-5,12H,11H2,(H,13,14)/b5-4+. The average molecular weight is 257 g/mol. The van der Waals surface area contributed by atoms with E-state index in [0.29, 0.717) is 11.3 Å². The van der Waals surface area contributed by atoms with E-state index in [2.05, 4.69) is 21.4 Å². The number of nitrogen functional groups attached to an aromatic ring is 1. The lowest BCUT2D eigenvalue weighted by molar-refractivity contribution is -0.131. The van der Waals surface area contributed by atoms with E-state index in [1.807, 2.05) is 6.07 Å². The van der Waals surface area contributed by atoms with Crippen LogP contribution in [0.5, 0.6) is 0 Å². The van der Waals surface area contributed by atoms with Gasteiger partial charge in [0, 0.05) is 16.1 Å². The molecule has 0 bridgehead atoms. The predicted octanol–water partition coefficient (Wildman–Crippen LogP) is 1.83. The largest absolute Gasteiger partial charge is 0.478 e. The van der Waals surface area contributed by atoms with Crippen molar-refractivity contribution < 1.29 is 9.90 Å². The van der Waals surface area contributed by atoms with E-state index in [9.17, 15) is 4.79 Å². The van der Waals surface area contributed by atoms with Crippen LogP contribution in [0.1, 0.15) is 5.56 Å². The molecule has 14 heavy (non-hydrogen) atoms. The number of carbonyl (C=O) groups is 1. The van der Waals surface area contributed by atoms with Gasteiger partial charge in [0.05, 0.1) is 5.69 Å². The lowest BCUT2D eigenvalue weighted by Gasteiger charge is -2.06. The minimum absolute atomic E-state index is 0.664. The number of carboxylic acid groups (broad SMARTS) is 1. The zero-order chi connectivity index (χ0) is 10.6. The molecule has 0 aromatic heterocycles. The van der Waals surface area contributed by atoms with Crippen molar-refractivity contribution in [3.05, 3.63) is 34.3 Å². The smallest absolute Gasteiger partial charge is 0.328 e. The number of anilines is 1. The Morgan fingerprint density at radius 1 is 1.57 bits per heavy atom. The SMILES string of the molecule is NNc1cccc(Br)c1/C=C/C(=O)O. The molecular weight excluding hydrogens is 248 g/mol. The van der Waals surface area contributed by atoms with Crippen LogP contribution in [0.15, 0.2) is 28.7 Å². The summed E-state index contributed by atoms with van der Waals surface area (Å²) >= 11 is 3.30. The summed E-state index contributed by atoms with van der Waals surface area (Å²) in [6, 6.07) is 5.37. The number of nitrogens with one attached hydrogen (secondary N) is 1. The molecule has 0 saturated heterocycles. The van der Waals surface area contributed by atoms with Gasteiger partial charge >= 0.3 is 5.97 Å². The van der Waals surface area contributed by atoms with Crippen molar-refractivity contribution in [3.8, 4) is 0 Å². The van der Waals surface area contributed by atoms with Gasteiger partial charge in [0.15, 0.2) is 0 Å². The highest BCUT2D eigenvalue weighted by molar-refractivity contribution is 9.10. The summed E-state index contributed by atoms with van der Waals surface area (Å²) < 4.78 is 0.783. The third-order valence-corrected chi connectivity index (χ3v) is 2.29. The van der Waals surface area contributed by atoms with Crippen molar-refractivity contribution in [3.63, 3.8) is 0 Å². The third-order valence-electron chi connectivity index (χ3n) is 1.60. The highest BCUT2D eigenvalue weighted by Crippen LogP contribution is 2.25. The minimum atomic E-state index is -0.997. The zero-order valence-electron chi connectivity index (χ0n) is 7.20. The molecule has 4 N–H and O–H groups in total. The summed E-state index contributed by atoms with van der Waals surface area (Å²) in [7, 11) is 0. The van der Waals surface area contributed by atoms with E-state index in [1.165, 1.54) is 6.08 Å². The topological polar surface area (TPSA) is 75.3 Å². The summed E-state index contributed by atoms with van der Waals surface area (Å²) in [6.45, 7) is 0. The fourth-order valence-electron chi connectivity index (χ4n) is 0.987.